The second kappa shape index (κ2) is 18.7. The molecule has 0 N–H and O–H groups in total. The summed E-state index contributed by atoms with van der Waals surface area (Å²) in [7, 11) is 4.42. The molecule has 5 aromatic carbocycles. The van der Waals surface area contributed by atoms with Crippen molar-refractivity contribution in [2.45, 2.75) is 0 Å². The maximum atomic E-state index is 12.1. The third kappa shape index (κ3) is 10.8. The second-order valence-corrected chi connectivity index (χ2v) is 9.10. The van der Waals surface area contributed by atoms with Gasteiger partial charge in [-0.2, -0.15) is 4.89 Å². The summed E-state index contributed by atoms with van der Waals surface area (Å²) in [6.45, 7) is 0. The zero-order chi connectivity index (χ0) is 32.3. The summed E-state index contributed by atoms with van der Waals surface area (Å²) in [4.78, 5) is 43.5. The second-order valence-electron chi connectivity index (χ2n) is 9.10. The Morgan fingerprint density at radius 2 is 0.867 bits per heavy atom. The lowest BCUT2D eigenvalue weighted by molar-refractivity contribution is -0.249. The minimum Gasteiger partial charge on any atom is -0.496 e. The van der Waals surface area contributed by atoms with E-state index in [-0.39, 0.29) is 11.6 Å². The Bertz CT molecular complexity index is 1570. The lowest BCUT2D eigenvalue weighted by atomic mass is 10.0. The van der Waals surface area contributed by atoms with Gasteiger partial charge in [0.15, 0.2) is 11.6 Å². The fraction of sp³-hybridized carbons (Fsp3) is 0.0789. The normalized spacial score (nSPS) is 9.93. The molecule has 0 spiro atoms. The molecule has 0 aliphatic carbocycles. The van der Waals surface area contributed by atoms with Gasteiger partial charge in [-0.1, -0.05) is 115 Å². The predicted molar refractivity (Wildman–Crippen MR) is 174 cm³/mol. The first-order valence-electron chi connectivity index (χ1n) is 13.9. The van der Waals surface area contributed by atoms with Crippen molar-refractivity contribution in [3.05, 3.63) is 173 Å². The number of hydrogen-bond donors (Lipinski definition) is 0. The number of carbonyl (C=O) groups excluding carboxylic acids is 3. The monoisotopic (exact) mass is 602 g/mol. The number of benzene rings is 5. The van der Waals surface area contributed by atoms with Crippen molar-refractivity contribution in [1.29, 1.82) is 0 Å². The number of carbonyl (C=O) groups is 3. The van der Waals surface area contributed by atoms with E-state index >= 15 is 0 Å². The maximum Gasteiger partial charge on any atom is 0.365 e. The molecular formula is C38H34O7. The molecule has 7 heteroatoms. The average molecular weight is 603 g/mol. The molecule has 0 heterocycles. The predicted octanol–water partition coefficient (Wildman–Crippen LogP) is 7.66. The molecule has 0 saturated heterocycles. The number of para-hydroxylation sites is 2. The fourth-order valence-corrected chi connectivity index (χ4v) is 3.99. The number of ketones is 2. The molecule has 228 valence electrons. The van der Waals surface area contributed by atoms with Gasteiger partial charge in [0.2, 0.25) is 0 Å². The number of hydrogen-bond acceptors (Lipinski definition) is 7. The van der Waals surface area contributed by atoms with E-state index in [4.69, 9.17) is 9.47 Å². The Morgan fingerprint density at radius 3 is 1.27 bits per heavy atom. The van der Waals surface area contributed by atoms with Crippen LogP contribution in [0.1, 0.15) is 37.4 Å². The van der Waals surface area contributed by atoms with Crippen LogP contribution in [0.25, 0.3) is 6.08 Å². The van der Waals surface area contributed by atoms with Gasteiger partial charge < -0.3 is 9.47 Å². The van der Waals surface area contributed by atoms with E-state index in [9.17, 15) is 14.4 Å². The van der Waals surface area contributed by atoms with Crippen LogP contribution >= 0.6 is 0 Å². The van der Waals surface area contributed by atoms with Crippen molar-refractivity contribution >= 4 is 23.6 Å². The summed E-state index contributed by atoms with van der Waals surface area (Å²) in [5, 5.41) is 0. The van der Waals surface area contributed by atoms with Crippen molar-refractivity contribution in [3.8, 4) is 11.5 Å². The van der Waals surface area contributed by atoms with Crippen molar-refractivity contribution in [1.82, 2.24) is 0 Å². The van der Waals surface area contributed by atoms with E-state index in [1.54, 1.807) is 68.8 Å². The Labute approximate surface area is 263 Å². The van der Waals surface area contributed by atoms with Gasteiger partial charge >= 0.3 is 5.97 Å². The molecule has 5 aromatic rings. The molecule has 0 aliphatic rings. The van der Waals surface area contributed by atoms with E-state index in [1.807, 2.05) is 91.0 Å². The highest BCUT2D eigenvalue weighted by atomic mass is 17.2. The minimum absolute atomic E-state index is 0.0157. The van der Waals surface area contributed by atoms with Gasteiger partial charge in [-0.15, -0.1) is 0 Å². The molecule has 45 heavy (non-hydrogen) atoms. The Kier molecular flexibility index (Phi) is 14.0. The molecule has 0 amide bonds. The molecule has 0 saturated carbocycles. The largest absolute Gasteiger partial charge is 0.496 e. The smallest absolute Gasteiger partial charge is 0.365 e. The van der Waals surface area contributed by atoms with E-state index in [0.717, 1.165) is 5.56 Å². The summed E-state index contributed by atoms with van der Waals surface area (Å²) in [6.07, 6.45) is 2.96. The highest BCUT2D eigenvalue weighted by molar-refractivity contribution is 6.11. The van der Waals surface area contributed by atoms with Gasteiger partial charge in [-0.25, -0.2) is 4.79 Å². The van der Waals surface area contributed by atoms with Crippen molar-refractivity contribution in [2.24, 2.45) is 0 Å². The molecule has 0 atom stereocenters. The first-order chi connectivity index (χ1) is 22.0. The maximum absolute atomic E-state index is 12.1. The topological polar surface area (TPSA) is 88.1 Å². The van der Waals surface area contributed by atoms with Crippen LogP contribution in [0, 0.1) is 0 Å². The third-order valence-electron chi connectivity index (χ3n) is 6.15. The van der Waals surface area contributed by atoms with Gasteiger partial charge in [-0.05, 0) is 35.9 Å². The molecule has 0 aromatic heterocycles. The zero-order valence-corrected chi connectivity index (χ0v) is 25.3. The summed E-state index contributed by atoms with van der Waals surface area (Å²) >= 11 is 0. The van der Waals surface area contributed by atoms with E-state index in [2.05, 4.69) is 9.78 Å². The third-order valence-corrected chi connectivity index (χ3v) is 6.15. The summed E-state index contributed by atoms with van der Waals surface area (Å²) < 4.78 is 10.3. The van der Waals surface area contributed by atoms with Gasteiger partial charge in [0, 0.05) is 17.2 Å². The van der Waals surface area contributed by atoms with E-state index < -0.39 is 5.97 Å². The van der Waals surface area contributed by atoms with Gasteiger partial charge in [-0.3, -0.25) is 14.5 Å². The zero-order valence-electron chi connectivity index (χ0n) is 25.3. The van der Waals surface area contributed by atoms with Crippen molar-refractivity contribution in [3.63, 3.8) is 0 Å². The van der Waals surface area contributed by atoms with Crippen LogP contribution in [0.5, 0.6) is 11.5 Å². The molecule has 0 radical (unpaired) electrons. The minimum atomic E-state index is -0.522. The summed E-state index contributed by atoms with van der Waals surface area (Å²) in [6, 6.07) is 42.3. The van der Waals surface area contributed by atoms with Crippen LogP contribution in [-0.2, 0) is 14.6 Å². The Balaban J connectivity index is 0.000000185. The highest BCUT2D eigenvalue weighted by Crippen LogP contribution is 2.22. The molecule has 0 aliphatic heterocycles. The Morgan fingerprint density at radius 1 is 0.489 bits per heavy atom. The molecule has 7 nitrogen and oxygen atoms in total. The van der Waals surface area contributed by atoms with Crippen LogP contribution in [0.2, 0.25) is 0 Å². The molecule has 0 unspecified atom stereocenters. The fourth-order valence-electron chi connectivity index (χ4n) is 3.99. The lowest BCUT2D eigenvalue weighted by Gasteiger charge is -2.06. The van der Waals surface area contributed by atoms with Crippen molar-refractivity contribution < 1.29 is 33.6 Å². The summed E-state index contributed by atoms with van der Waals surface area (Å²) in [5.74, 6) is 0.662. The SMILES string of the molecule is COOC(=O)C=Cc1ccccc1.COc1ccccc1C(=O)c1ccccc1.COc1ccccc1C(=O)c1ccccc1. The quantitative estimate of drug-likeness (QED) is 0.0741. The van der Waals surface area contributed by atoms with E-state index in [0.29, 0.717) is 33.8 Å². The average Bonchev–Trinajstić information content (AvgIpc) is 3.12. The number of rotatable bonds is 9. The van der Waals surface area contributed by atoms with Gasteiger partial charge in [0.05, 0.1) is 32.5 Å². The standard InChI is InChI=1S/2C14H12O2.C10H10O3/c2*1-16-13-10-6-5-9-12(13)14(15)11-7-3-2-4-8-11;1-12-13-10(11)8-7-9-5-3-2-4-6-9/h2*2-10H,1H3;2-8H,1H3. The van der Waals surface area contributed by atoms with Crippen molar-refractivity contribution in [2.75, 3.05) is 21.3 Å². The van der Waals surface area contributed by atoms with Crippen LogP contribution in [-0.4, -0.2) is 38.9 Å². The number of methoxy groups -OCH3 is 2. The molecule has 0 bridgehead atoms. The van der Waals surface area contributed by atoms with Crippen LogP contribution in [0.4, 0.5) is 0 Å². The first-order valence-corrected chi connectivity index (χ1v) is 13.9. The van der Waals surface area contributed by atoms with Gasteiger partial charge in [0.25, 0.3) is 0 Å². The molecule has 5 rings (SSSR count). The first kappa shape index (κ1) is 33.7. The van der Waals surface area contributed by atoms with Gasteiger partial charge in [0.1, 0.15) is 11.5 Å². The highest BCUT2D eigenvalue weighted by Gasteiger charge is 2.13. The van der Waals surface area contributed by atoms with Crippen LogP contribution in [0.15, 0.2) is 146 Å². The molecule has 0 fully saturated rings. The van der Waals surface area contributed by atoms with Crippen LogP contribution in [0.3, 0.4) is 0 Å². The number of ether oxygens (including phenoxy) is 2. The van der Waals surface area contributed by atoms with Crippen LogP contribution < -0.4 is 9.47 Å². The Hall–Kier alpha value is -5.79. The molecular weight excluding hydrogens is 568 g/mol. The summed E-state index contributed by atoms with van der Waals surface area (Å²) in [5.41, 5.74) is 3.47. The lowest BCUT2D eigenvalue weighted by Crippen LogP contribution is -2.03. The van der Waals surface area contributed by atoms with E-state index in [1.165, 1.54) is 13.2 Å².